The Morgan fingerprint density at radius 1 is 1.25 bits per heavy atom. The summed E-state index contributed by atoms with van der Waals surface area (Å²) in [5, 5.41) is 3.72. The Kier molecular flexibility index (Phi) is 5.90. The molecule has 0 saturated heterocycles. The van der Waals surface area contributed by atoms with Crippen LogP contribution in [0.4, 0.5) is 5.69 Å². The maximum Gasteiger partial charge on any atom is 0.0399 e. The van der Waals surface area contributed by atoms with E-state index in [0.29, 0.717) is 6.04 Å². The Bertz CT molecular complexity index is 402. The van der Waals surface area contributed by atoms with Crippen LogP contribution in [0.1, 0.15) is 45.6 Å². The van der Waals surface area contributed by atoms with Gasteiger partial charge in [0.15, 0.2) is 0 Å². The fourth-order valence-corrected chi connectivity index (χ4v) is 3.30. The van der Waals surface area contributed by atoms with Crippen molar-refractivity contribution >= 4 is 5.69 Å². The fraction of sp³-hybridized carbons (Fsp3) is 0.667. The second-order valence-electron chi connectivity index (χ2n) is 6.28. The molecule has 2 unspecified atom stereocenters. The van der Waals surface area contributed by atoms with Crippen molar-refractivity contribution < 1.29 is 0 Å². The lowest BCUT2D eigenvalue weighted by Crippen LogP contribution is -2.45. The number of anilines is 1. The van der Waals surface area contributed by atoms with Crippen LogP contribution < -0.4 is 10.2 Å². The number of para-hydroxylation sites is 1. The molecule has 0 bridgehead atoms. The van der Waals surface area contributed by atoms with Crippen LogP contribution in [-0.2, 0) is 6.42 Å². The van der Waals surface area contributed by atoms with E-state index in [4.69, 9.17) is 0 Å². The lowest BCUT2D eigenvalue weighted by molar-refractivity contribution is 0.443. The molecule has 1 N–H and O–H groups in total. The molecule has 0 spiro atoms. The molecule has 0 amide bonds. The highest BCUT2D eigenvalue weighted by Gasteiger charge is 2.23. The molecule has 1 aliphatic heterocycles. The third-order valence-corrected chi connectivity index (χ3v) is 4.19. The predicted octanol–water partition coefficient (Wildman–Crippen LogP) is 3.85. The van der Waals surface area contributed by atoms with E-state index in [-0.39, 0.29) is 0 Å². The maximum atomic E-state index is 3.72. The van der Waals surface area contributed by atoms with E-state index in [0.717, 1.165) is 19.0 Å². The summed E-state index contributed by atoms with van der Waals surface area (Å²) in [6.07, 6.45) is 4.97. The Labute approximate surface area is 124 Å². The SMILES string of the molecule is CCCNC(CCC)CN1CC(C)Cc2ccccc21. The maximum absolute atomic E-state index is 3.72. The molecule has 0 aliphatic carbocycles. The van der Waals surface area contributed by atoms with E-state index in [1.54, 1.807) is 0 Å². The van der Waals surface area contributed by atoms with Gasteiger partial charge in [0.2, 0.25) is 0 Å². The molecule has 0 saturated carbocycles. The standard InChI is InChI=1S/C18H30N2/c1-4-8-17(19-11-5-2)14-20-13-15(3)12-16-9-6-7-10-18(16)20/h6-7,9-10,15,17,19H,4-5,8,11-14H2,1-3H3. The van der Waals surface area contributed by atoms with Crippen LogP contribution in [-0.4, -0.2) is 25.7 Å². The largest absolute Gasteiger partial charge is 0.369 e. The Hall–Kier alpha value is -1.02. The summed E-state index contributed by atoms with van der Waals surface area (Å²) in [6, 6.07) is 9.57. The predicted molar refractivity (Wildman–Crippen MR) is 88.5 cm³/mol. The van der Waals surface area contributed by atoms with Gasteiger partial charge in [0.05, 0.1) is 0 Å². The summed E-state index contributed by atoms with van der Waals surface area (Å²) in [6.45, 7) is 10.4. The minimum atomic E-state index is 0.623. The van der Waals surface area contributed by atoms with Crippen molar-refractivity contribution in [3.8, 4) is 0 Å². The van der Waals surface area contributed by atoms with Crippen LogP contribution >= 0.6 is 0 Å². The van der Waals surface area contributed by atoms with Gasteiger partial charge in [0.25, 0.3) is 0 Å². The zero-order valence-electron chi connectivity index (χ0n) is 13.4. The van der Waals surface area contributed by atoms with Gasteiger partial charge in [-0.25, -0.2) is 0 Å². The minimum absolute atomic E-state index is 0.623. The number of hydrogen-bond acceptors (Lipinski definition) is 2. The number of fused-ring (bicyclic) bond motifs is 1. The van der Waals surface area contributed by atoms with Crippen LogP contribution in [0.15, 0.2) is 24.3 Å². The van der Waals surface area contributed by atoms with Gasteiger partial charge < -0.3 is 10.2 Å². The molecule has 1 heterocycles. The number of benzene rings is 1. The molecule has 0 aromatic heterocycles. The third kappa shape index (κ3) is 3.99. The van der Waals surface area contributed by atoms with Gasteiger partial charge in [0.1, 0.15) is 0 Å². The van der Waals surface area contributed by atoms with Crippen molar-refractivity contribution in [2.24, 2.45) is 5.92 Å². The molecule has 2 rings (SSSR count). The summed E-state index contributed by atoms with van der Waals surface area (Å²) in [5.41, 5.74) is 2.99. The monoisotopic (exact) mass is 274 g/mol. The minimum Gasteiger partial charge on any atom is -0.369 e. The molecule has 112 valence electrons. The highest BCUT2D eigenvalue weighted by molar-refractivity contribution is 5.55. The first-order valence-electron chi connectivity index (χ1n) is 8.30. The highest BCUT2D eigenvalue weighted by Crippen LogP contribution is 2.29. The third-order valence-electron chi connectivity index (χ3n) is 4.19. The molecule has 2 heteroatoms. The van der Waals surface area contributed by atoms with E-state index in [9.17, 15) is 0 Å². The van der Waals surface area contributed by atoms with Crippen molar-refractivity contribution in [1.29, 1.82) is 0 Å². The Morgan fingerprint density at radius 3 is 2.80 bits per heavy atom. The van der Waals surface area contributed by atoms with Crippen LogP contribution in [0.2, 0.25) is 0 Å². The van der Waals surface area contributed by atoms with Crippen molar-refractivity contribution in [2.75, 3.05) is 24.5 Å². The van der Waals surface area contributed by atoms with Crippen LogP contribution in [0.25, 0.3) is 0 Å². The first kappa shape index (κ1) is 15.4. The number of rotatable bonds is 7. The highest BCUT2D eigenvalue weighted by atomic mass is 15.2. The molecule has 1 aromatic carbocycles. The molecule has 0 radical (unpaired) electrons. The molecule has 20 heavy (non-hydrogen) atoms. The van der Waals surface area contributed by atoms with E-state index >= 15 is 0 Å². The molecule has 1 aromatic rings. The zero-order valence-corrected chi connectivity index (χ0v) is 13.4. The topological polar surface area (TPSA) is 15.3 Å². The van der Waals surface area contributed by atoms with Gasteiger partial charge in [-0.15, -0.1) is 0 Å². The summed E-state index contributed by atoms with van der Waals surface area (Å²) < 4.78 is 0. The van der Waals surface area contributed by atoms with Gasteiger partial charge in [-0.05, 0) is 43.4 Å². The van der Waals surface area contributed by atoms with Crippen molar-refractivity contribution in [3.05, 3.63) is 29.8 Å². The van der Waals surface area contributed by atoms with Gasteiger partial charge in [-0.2, -0.15) is 0 Å². The smallest absolute Gasteiger partial charge is 0.0399 e. The Morgan fingerprint density at radius 2 is 2.05 bits per heavy atom. The summed E-state index contributed by atoms with van der Waals surface area (Å²) in [4.78, 5) is 2.60. The lowest BCUT2D eigenvalue weighted by Gasteiger charge is -2.37. The number of nitrogens with zero attached hydrogens (tertiary/aromatic N) is 1. The van der Waals surface area contributed by atoms with Crippen LogP contribution in [0, 0.1) is 5.92 Å². The van der Waals surface area contributed by atoms with E-state index < -0.39 is 0 Å². The normalized spacial score (nSPS) is 19.8. The summed E-state index contributed by atoms with van der Waals surface area (Å²) in [5.74, 6) is 0.762. The second-order valence-corrected chi connectivity index (χ2v) is 6.28. The average molecular weight is 274 g/mol. The zero-order chi connectivity index (χ0) is 14.4. The van der Waals surface area contributed by atoms with Crippen molar-refractivity contribution in [1.82, 2.24) is 5.32 Å². The second kappa shape index (κ2) is 7.68. The average Bonchev–Trinajstić information content (AvgIpc) is 2.44. The quantitative estimate of drug-likeness (QED) is 0.812. The first-order chi connectivity index (χ1) is 9.74. The van der Waals surface area contributed by atoms with Crippen LogP contribution in [0.3, 0.4) is 0 Å². The van der Waals surface area contributed by atoms with Gasteiger partial charge >= 0.3 is 0 Å². The molecular weight excluding hydrogens is 244 g/mol. The summed E-state index contributed by atoms with van der Waals surface area (Å²) in [7, 11) is 0. The van der Waals surface area contributed by atoms with Crippen molar-refractivity contribution in [2.45, 2.75) is 52.5 Å². The Balaban J connectivity index is 2.07. The molecular formula is C18H30N2. The van der Waals surface area contributed by atoms with Gasteiger partial charge in [-0.1, -0.05) is 45.4 Å². The van der Waals surface area contributed by atoms with Crippen molar-refractivity contribution in [3.63, 3.8) is 0 Å². The lowest BCUT2D eigenvalue weighted by atomic mass is 9.93. The van der Waals surface area contributed by atoms with Crippen LogP contribution in [0.5, 0.6) is 0 Å². The number of nitrogens with one attached hydrogen (secondary N) is 1. The summed E-state index contributed by atoms with van der Waals surface area (Å²) >= 11 is 0. The fourth-order valence-electron chi connectivity index (χ4n) is 3.30. The molecule has 2 nitrogen and oxygen atoms in total. The molecule has 2 atom stereocenters. The van der Waals surface area contributed by atoms with E-state index in [2.05, 4.69) is 55.3 Å². The van der Waals surface area contributed by atoms with E-state index in [1.165, 1.54) is 43.5 Å². The van der Waals surface area contributed by atoms with Gasteiger partial charge in [-0.3, -0.25) is 0 Å². The number of hydrogen-bond donors (Lipinski definition) is 1. The van der Waals surface area contributed by atoms with Gasteiger partial charge in [0, 0.05) is 24.8 Å². The first-order valence-corrected chi connectivity index (χ1v) is 8.30. The molecule has 0 fully saturated rings. The molecule has 1 aliphatic rings. The van der Waals surface area contributed by atoms with E-state index in [1.807, 2.05) is 0 Å².